The molecule has 0 aliphatic carbocycles. The van der Waals surface area contributed by atoms with Crippen LogP contribution in [0.3, 0.4) is 0 Å². The van der Waals surface area contributed by atoms with Gasteiger partial charge < -0.3 is 13.4 Å². The van der Waals surface area contributed by atoms with E-state index in [0.717, 1.165) is 88.5 Å². The van der Waals surface area contributed by atoms with E-state index in [0.29, 0.717) is 0 Å². The Labute approximate surface area is 292 Å². The Morgan fingerprint density at radius 3 is 1.65 bits per heavy atom. The number of rotatable bonds is 4. The van der Waals surface area contributed by atoms with E-state index in [-0.39, 0.29) is 0 Å². The molecule has 0 N–H and O–H groups in total. The average molecular weight is 653 g/mol. The van der Waals surface area contributed by atoms with Gasteiger partial charge in [-0.05, 0) is 65.7 Å². The maximum absolute atomic E-state index is 6.35. The predicted octanol–water partition coefficient (Wildman–Crippen LogP) is 13.0. The SMILES string of the molecule is c1ccc(-c2ccc(-c3cc(-n4c5ccccc5c5cc6oc7ccccc7c6cc54)cc(-c4ccc5c(c4)oc4ccccc45)n3)cc2)cc1. The van der Waals surface area contributed by atoms with Crippen molar-refractivity contribution in [3.05, 3.63) is 170 Å². The van der Waals surface area contributed by atoms with Crippen LogP contribution in [0.25, 0.3) is 105 Å². The zero-order chi connectivity index (χ0) is 33.5. The highest BCUT2D eigenvalue weighted by molar-refractivity contribution is 6.17. The number of para-hydroxylation sites is 3. The molecular formula is C47H28N2O2. The number of hydrogen-bond acceptors (Lipinski definition) is 3. The van der Waals surface area contributed by atoms with E-state index in [1.165, 1.54) is 16.5 Å². The second-order valence-corrected chi connectivity index (χ2v) is 13.2. The summed E-state index contributed by atoms with van der Waals surface area (Å²) in [5.41, 5.74) is 13.0. The first kappa shape index (κ1) is 28.0. The third-order valence-electron chi connectivity index (χ3n) is 10.2. The maximum Gasteiger partial charge on any atom is 0.136 e. The Morgan fingerprint density at radius 1 is 0.333 bits per heavy atom. The molecule has 11 rings (SSSR count). The Morgan fingerprint density at radius 2 is 0.882 bits per heavy atom. The number of fused-ring (bicyclic) bond motifs is 9. The van der Waals surface area contributed by atoms with Crippen LogP contribution in [0.2, 0.25) is 0 Å². The fraction of sp³-hybridized carbons (Fsp3) is 0. The molecule has 0 amide bonds. The van der Waals surface area contributed by atoms with Gasteiger partial charge in [0.15, 0.2) is 0 Å². The largest absolute Gasteiger partial charge is 0.456 e. The summed E-state index contributed by atoms with van der Waals surface area (Å²) in [6, 6.07) is 59.6. The minimum Gasteiger partial charge on any atom is -0.456 e. The molecule has 0 saturated carbocycles. The number of aromatic nitrogens is 2. The van der Waals surface area contributed by atoms with Gasteiger partial charge in [-0.1, -0.05) is 115 Å². The smallest absolute Gasteiger partial charge is 0.136 e. The average Bonchev–Trinajstić information content (AvgIpc) is 3.86. The van der Waals surface area contributed by atoms with Gasteiger partial charge in [0.1, 0.15) is 22.3 Å². The summed E-state index contributed by atoms with van der Waals surface area (Å²) < 4.78 is 15.1. The van der Waals surface area contributed by atoms with Crippen LogP contribution < -0.4 is 0 Å². The lowest BCUT2D eigenvalue weighted by molar-refractivity contribution is 0.669. The quantitative estimate of drug-likeness (QED) is 0.190. The molecule has 238 valence electrons. The van der Waals surface area contributed by atoms with Crippen molar-refractivity contribution in [3.8, 4) is 39.3 Å². The van der Waals surface area contributed by atoms with Crippen LogP contribution in [0, 0.1) is 0 Å². The molecule has 51 heavy (non-hydrogen) atoms. The summed E-state index contributed by atoms with van der Waals surface area (Å²) in [6.07, 6.45) is 0. The van der Waals surface area contributed by atoms with Crippen LogP contribution >= 0.6 is 0 Å². The Hall–Kier alpha value is -6.91. The highest BCUT2D eigenvalue weighted by Crippen LogP contribution is 2.40. The maximum atomic E-state index is 6.35. The standard InChI is InChI=1S/C47H28N2O2/c1-2-10-29(11-3-1)30-18-20-31(21-19-30)40-25-33(26-41(48-40)32-22-23-37-35-13-5-8-16-44(35)50-46(37)24-32)49-42-15-7-4-12-34(42)38-28-47-39(27-43(38)49)36-14-6-9-17-45(36)51-47/h1-28H. The van der Waals surface area contributed by atoms with Crippen LogP contribution in [-0.2, 0) is 0 Å². The fourth-order valence-corrected chi connectivity index (χ4v) is 7.76. The van der Waals surface area contributed by atoms with Gasteiger partial charge in [0.05, 0.1) is 28.1 Å². The van der Waals surface area contributed by atoms with E-state index in [1.807, 2.05) is 30.3 Å². The van der Waals surface area contributed by atoms with Crippen LogP contribution in [0.1, 0.15) is 0 Å². The van der Waals surface area contributed by atoms with Crippen LogP contribution in [0.5, 0.6) is 0 Å². The molecule has 4 heteroatoms. The molecule has 0 saturated heterocycles. The third-order valence-corrected chi connectivity index (χ3v) is 10.2. The van der Waals surface area contributed by atoms with Crippen molar-refractivity contribution in [1.29, 1.82) is 0 Å². The molecule has 4 aromatic heterocycles. The molecule has 0 radical (unpaired) electrons. The first-order chi connectivity index (χ1) is 25.2. The number of hydrogen-bond donors (Lipinski definition) is 0. The number of nitrogens with zero attached hydrogens (tertiary/aromatic N) is 2. The van der Waals surface area contributed by atoms with E-state index < -0.39 is 0 Å². The summed E-state index contributed by atoms with van der Waals surface area (Å²) in [7, 11) is 0. The fourth-order valence-electron chi connectivity index (χ4n) is 7.76. The Bertz CT molecular complexity index is 3130. The zero-order valence-electron chi connectivity index (χ0n) is 27.4. The molecule has 0 spiro atoms. The zero-order valence-corrected chi connectivity index (χ0v) is 27.4. The summed E-state index contributed by atoms with van der Waals surface area (Å²) in [5, 5.41) is 6.74. The van der Waals surface area contributed by atoms with Gasteiger partial charge in [-0.15, -0.1) is 0 Å². The molecule has 0 aliphatic rings. The Balaban J connectivity index is 1.17. The van der Waals surface area contributed by atoms with Crippen LogP contribution in [0.15, 0.2) is 179 Å². The van der Waals surface area contributed by atoms with Gasteiger partial charge in [-0.25, -0.2) is 4.98 Å². The van der Waals surface area contributed by atoms with Crippen LogP contribution in [0.4, 0.5) is 0 Å². The van der Waals surface area contributed by atoms with Crippen molar-refractivity contribution >= 4 is 65.7 Å². The van der Waals surface area contributed by atoms with Gasteiger partial charge >= 0.3 is 0 Å². The molecule has 0 fully saturated rings. The highest BCUT2D eigenvalue weighted by atomic mass is 16.3. The Kier molecular flexibility index (Phi) is 5.92. The first-order valence-electron chi connectivity index (χ1n) is 17.2. The molecular weight excluding hydrogens is 625 g/mol. The topological polar surface area (TPSA) is 44.1 Å². The van der Waals surface area contributed by atoms with E-state index >= 15 is 0 Å². The predicted molar refractivity (Wildman–Crippen MR) is 209 cm³/mol. The van der Waals surface area contributed by atoms with Gasteiger partial charge in [0.2, 0.25) is 0 Å². The molecule has 0 aliphatic heterocycles. The second-order valence-electron chi connectivity index (χ2n) is 13.2. The lowest BCUT2D eigenvalue weighted by Crippen LogP contribution is -1.98. The first-order valence-corrected chi connectivity index (χ1v) is 17.2. The van der Waals surface area contributed by atoms with E-state index in [2.05, 4.69) is 144 Å². The number of benzene rings is 7. The second kappa shape index (κ2) is 10.8. The van der Waals surface area contributed by atoms with Crippen molar-refractivity contribution in [2.45, 2.75) is 0 Å². The van der Waals surface area contributed by atoms with Crippen molar-refractivity contribution < 1.29 is 8.83 Å². The van der Waals surface area contributed by atoms with E-state index in [4.69, 9.17) is 13.8 Å². The van der Waals surface area contributed by atoms with Crippen LogP contribution in [-0.4, -0.2) is 9.55 Å². The van der Waals surface area contributed by atoms with E-state index in [9.17, 15) is 0 Å². The minimum absolute atomic E-state index is 0.848. The summed E-state index contributed by atoms with van der Waals surface area (Å²) >= 11 is 0. The highest BCUT2D eigenvalue weighted by Gasteiger charge is 2.19. The molecule has 11 aromatic rings. The normalized spacial score (nSPS) is 11.9. The number of pyridine rings is 1. The molecule has 0 unspecified atom stereocenters. The molecule has 4 heterocycles. The van der Waals surface area contributed by atoms with Crippen molar-refractivity contribution in [3.63, 3.8) is 0 Å². The summed E-state index contributed by atoms with van der Waals surface area (Å²) in [5.74, 6) is 0. The molecule has 4 nitrogen and oxygen atoms in total. The molecule has 0 atom stereocenters. The van der Waals surface area contributed by atoms with Gasteiger partial charge in [0, 0.05) is 43.4 Å². The van der Waals surface area contributed by atoms with Gasteiger partial charge in [-0.3, -0.25) is 0 Å². The van der Waals surface area contributed by atoms with Crippen molar-refractivity contribution in [2.24, 2.45) is 0 Å². The van der Waals surface area contributed by atoms with E-state index in [1.54, 1.807) is 0 Å². The number of furan rings is 2. The lowest BCUT2D eigenvalue weighted by atomic mass is 10.0. The lowest BCUT2D eigenvalue weighted by Gasteiger charge is -2.14. The minimum atomic E-state index is 0.848. The van der Waals surface area contributed by atoms with Crippen molar-refractivity contribution in [1.82, 2.24) is 9.55 Å². The van der Waals surface area contributed by atoms with Gasteiger partial charge in [-0.2, -0.15) is 0 Å². The third kappa shape index (κ3) is 4.37. The van der Waals surface area contributed by atoms with Crippen molar-refractivity contribution in [2.75, 3.05) is 0 Å². The summed E-state index contributed by atoms with van der Waals surface area (Å²) in [6.45, 7) is 0. The molecule has 0 bridgehead atoms. The molecule has 7 aromatic carbocycles. The summed E-state index contributed by atoms with van der Waals surface area (Å²) in [4.78, 5) is 5.32. The monoisotopic (exact) mass is 652 g/mol. The van der Waals surface area contributed by atoms with Gasteiger partial charge in [0.25, 0.3) is 0 Å².